The van der Waals surface area contributed by atoms with E-state index in [1.54, 1.807) is 11.8 Å². The van der Waals surface area contributed by atoms with Crippen molar-refractivity contribution in [3.8, 4) is 0 Å². The molecule has 0 saturated carbocycles. The van der Waals surface area contributed by atoms with E-state index < -0.39 is 0 Å². The van der Waals surface area contributed by atoms with Crippen molar-refractivity contribution in [2.45, 2.75) is 44.7 Å². The topological polar surface area (TPSA) is 32.3 Å². The molecule has 0 heterocycles. The molecule has 18 heavy (non-hydrogen) atoms. The van der Waals surface area contributed by atoms with Crippen molar-refractivity contribution in [3.63, 3.8) is 0 Å². The minimum absolute atomic E-state index is 0.157. The first-order chi connectivity index (χ1) is 8.40. The third-order valence-corrected chi connectivity index (χ3v) is 3.93. The van der Waals surface area contributed by atoms with Crippen LogP contribution in [0.2, 0.25) is 0 Å². The summed E-state index contributed by atoms with van der Waals surface area (Å²) in [4.78, 5) is 1.27. The van der Waals surface area contributed by atoms with Crippen LogP contribution in [0.15, 0.2) is 29.2 Å². The number of rotatable bonds is 6. The van der Waals surface area contributed by atoms with Gasteiger partial charge in [-0.2, -0.15) is 0 Å². The minimum Gasteiger partial charge on any atom is -0.396 e. The third kappa shape index (κ3) is 6.43. The SMILES string of the molecule is CC(CO)CSc1ccc(CNC(C)(C)C)cc1. The lowest BCUT2D eigenvalue weighted by Crippen LogP contribution is -2.35. The molecule has 0 bridgehead atoms. The molecule has 0 fully saturated rings. The lowest BCUT2D eigenvalue weighted by atomic mass is 10.1. The molecular formula is C15H25NOS. The summed E-state index contributed by atoms with van der Waals surface area (Å²) in [6.45, 7) is 9.76. The van der Waals surface area contributed by atoms with Gasteiger partial charge >= 0.3 is 0 Å². The van der Waals surface area contributed by atoms with Gasteiger partial charge in [0, 0.05) is 29.3 Å². The van der Waals surface area contributed by atoms with Crippen LogP contribution in [-0.4, -0.2) is 23.0 Å². The average molecular weight is 267 g/mol. The van der Waals surface area contributed by atoms with Crippen molar-refractivity contribution in [2.75, 3.05) is 12.4 Å². The number of aliphatic hydroxyl groups excluding tert-OH is 1. The van der Waals surface area contributed by atoms with Crippen LogP contribution in [0.25, 0.3) is 0 Å². The molecule has 1 aromatic rings. The van der Waals surface area contributed by atoms with Crippen molar-refractivity contribution < 1.29 is 5.11 Å². The fourth-order valence-electron chi connectivity index (χ4n) is 1.36. The van der Waals surface area contributed by atoms with E-state index in [2.05, 4.69) is 57.3 Å². The molecule has 1 unspecified atom stereocenters. The summed E-state index contributed by atoms with van der Waals surface area (Å²) < 4.78 is 0. The Kier molecular flexibility index (Phi) is 6.19. The molecule has 2 N–H and O–H groups in total. The molecule has 0 aliphatic heterocycles. The predicted octanol–water partition coefficient (Wildman–Crippen LogP) is 3.30. The zero-order valence-electron chi connectivity index (χ0n) is 11.9. The first kappa shape index (κ1) is 15.5. The number of aliphatic hydroxyl groups is 1. The van der Waals surface area contributed by atoms with Crippen molar-refractivity contribution in [1.29, 1.82) is 0 Å². The van der Waals surface area contributed by atoms with E-state index in [9.17, 15) is 0 Å². The Morgan fingerprint density at radius 1 is 1.22 bits per heavy atom. The van der Waals surface area contributed by atoms with Gasteiger partial charge in [0.25, 0.3) is 0 Å². The molecule has 0 spiro atoms. The van der Waals surface area contributed by atoms with E-state index in [4.69, 9.17) is 5.11 Å². The Labute approximate surface area is 115 Å². The third-order valence-electron chi connectivity index (χ3n) is 2.59. The lowest BCUT2D eigenvalue weighted by molar-refractivity contribution is 0.250. The summed E-state index contributed by atoms with van der Waals surface area (Å²) in [5.74, 6) is 1.33. The summed E-state index contributed by atoms with van der Waals surface area (Å²) in [7, 11) is 0. The highest BCUT2D eigenvalue weighted by atomic mass is 32.2. The molecule has 0 aliphatic carbocycles. The summed E-state index contributed by atoms with van der Waals surface area (Å²) >= 11 is 1.81. The van der Waals surface area contributed by atoms with Crippen LogP contribution in [0, 0.1) is 5.92 Å². The lowest BCUT2D eigenvalue weighted by Gasteiger charge is -2.20. The zero-order chi connectivity index (χ0) is 13.6. The van der Waals surface area contributed by atoms with Crippen molar-refractivity contribution >= 4 is 11.8 Å². The molecule has 1 aromatic carbocycles. The number of benzene rings is 1. The largest absolute Gasteiger partial charge is 0.396 e. The van der Waals surface area contributed by atoms with Crippen LogP contribution < -0.4 is 5.32 Å². The molecule has 3 heteroatoms. The van der Waals surface area contributed by atoms with Crippen LogP contribution in [0.1, 0.15) is 33.3 Å². The number of hydrogen-bond acceptors (Lipinski definition) is 3. The second kappa shape index (κ2) is 7.17. The fourth-order valence-corrected chi connectivity index (χ4v) is 2.27. The highest BCUT2D eigenvalue weighted by Gasteiger charge is 2.08. The van der Waals surface area contributed by atoms with E-state index >= 15 is 0 Å². The monoisotopic (exact) mass is 267 g/mol. The first-order valence-corrected chi connectivity index (χ1v) is 7.47. The molecular weight excluding hydrogens is 242 g/mol. The zero-order valence-corrected chi connectivity index (χ0v) is 12.7. The number of thioether (sulfide) groups is 1. The van der Waals surface area contributed by atoms with Gasteiger partial charge in [0.15, 0.2) is 0 Å². The van der Waals surface area contributed by atoms with Crippen LogP contribution in [0.4, 0.5) is 0 Å². The second-order valence-corrected chi connectivity index (χ2v) is 6.94. The van der Waals surface area contributed by atoms with Gasteiger partial charge in [-0.25, -0.2) is 0 Å². The Balaban J connectivity index is 2.42. The van der Waals surface area contributed by atoms with Gasteiger partial charge in [-0.05, 0) is 44.4 Å². The van der Waals surface area contributed by atoms with Crippen LogP contribution >= 0.6 is 11.8 Å². The quantitative estimate of drug-likeness (QED) is 0.776. The molecule has 0 amide bonds. The van der Waals surface area contributed by atoms with Gasteiger partial charge in [0.1, 0.15) is 0 Å². The van der Waals surface area contributed by atoms with E-state index in [1.807, 2.05) is 0 Å². The molecule has 102 valence electrons. The summed E-state index contributed by atoms with van der Waals surface area (Å²) in [5, 5.41) is 12.5. The highest BCUT2D eigenvalue weighted by Crippen LogP contribution is 2.21. The molecule has 0 aliphatic rings. The standard InChI is InChI=1S/C15H25NOS/c1-12(10-17)11-18-14-7-5-13(6-8-14)9-16-15(2,3)4/h5-8,12,16-17H,9-11H2,1-4H3. The summed E-state index contributed by atoms with van der Waals surface area (Å²) in [6.07, 6.45) is 0. The van der Waals surface area contributed by atoms with Gasteiger partial charge in [0.2, 0.25) is 0 Å². The first-order valence-electron chi connectivity index (χ1n) is 6.48. The highest BCUT2D eigenvalue weighted by molar-refractivity contribution is 7.99. The van der Waals surface area contributed by atoms with E-state index in [0.29, 0.717) is 5.92 Å². The predicted molar refractivity (Wildman–Crippen MR) is 80.0 cm³/mol. The second-order valence-electron chi connectivity index (χ2n) is 5.85. The van der Waals surface area contributed by atoms with Gasteiger partial charge in [-0.3, -0.25) is 0 Å². The summed E-state index contributed by atoms with van der Waals surface area (Å²) in [6, 6.07) is 8.66. The van der Waals surface area contributed by atoms with Gasteiger partial charge in [0.05, 0.1) is 0 Å². The molecule has 0 saturated heterocycles. The molecule has 2 nitrogen and oxygen atoms in total. The number of nitrogens with one attached hydrogen (secondary N) is 1. The van der Waals surface area contributed by atoms with Gasteiger partial charge in [-0.1, -0.05) is 19.1 Å². The maximum atomic E-state index is 8.98. The van der Waals surface area contributed by atoms with E-state index in [0.717, 1.165) is 12.3 Å². The maximum absolute atomic E-state index is 8.98. The van der Waals surface area contributed by atoms with Crippen molar-refractivity contribution in [3.05, 3.63) is 29.8 Å². The van der Waals surface area contributed by atoms with Gasteiger partial charge < -0.3 is 10.4 Å². The molecule has 0 aromatic heterocycles. The molecule has 0 radical (unpaired) electrons. The minimum atomic E-state index is 0.157. The smallest absolute Gasteiger partial charge is 0.0464 e. The van der Waals surface area contributed by atoms with Crippen molar-refractivity contribution in [2.24, 2.45) is 5.92 Å². The Morgan fingerprint density at radius 2 is 1.83 bits per heavy atom. The molecule has 1 atom stereocenters. The number of hydrogen-bond donors (Lipinski definition) is 2. The van der Waals surface area contributed by atoms with Crippen LogP contribution in [0.3, 0.4) is 0 Å². The van der Waals surface area contributed by atoms with Crippen LogP contribution in [-0.2, 0) is 6.54 Å². The summed E-state index contributed by atoms with van der Waals surface area (Å²) in [5.41, 5.74) is 1.47. The Bertz CT molecular complexity index is 343. The van der Waals surface area contributed by atoms with E-state index in [1.165, 1.54) is 10.5 Å². The van der Waals surface area contributed by atoms with Gasteiger partial charge in [-0.15, -0.1) is 11.8 Å². The van der Waals surface area contributed by atoms with E-state index in [-0.39, 0.29) is 12.1 Å². The fraction of sp³-hybridized carbons (Fsp3) is 0.600. The normalized spacial score (nSPS) is 13.6. The Morgan fingerprint density at radius 3 is 2.33 bits per heavy atom. The van der Waals surface area contributed by atoms with Crippen LogP contribution in [0.5, 0.6) is 0 Å². The Hall–Kier alpha value is -0.510. The molecule has 1 rings (SSSR count). The maximum Gasteiger partial charge on any atom is 0.0464 e. The average Bonchev–Trinajstić information content (AvgIpc) is 2.33. The van der Waals surface area contributed by atoms with Crippen molar-refractivity contribution in [1.82, 2.24) is 5.32 Å².